The molecule has 0 heterocycles. The molecule has 0 amide bonds. The van der Waals surface area contributed by atoms with Crippen LogP contribution in [0.3, 0.4) is 0 Å². The quantitative estimate of drug-likeness (QED) is 0.542. The van der Waals surface area contributed by atoms with Gasteiger partial charge in [-0.05, 0) is 18.3 Å². The summed E-state index contributed by atoms with van der Waals surface area (Å²) in [6, 6.07) is 0. The van der Waals surface area contributed by atoms with Crippen LogP contribution < -0.4 is 0 Å². The molecule has 0 aliphatic heterocycles. The molecule has 1 rings (SSSR count). The Morgan fingerprint density at radius 3 is 2.12 bits per heavy atom. The van der Waals surface area contributed by atoms with Gasteiger partial charge in [-0.3, -0.25) is 9.59 Å². The largest absolute Gasteiger partial charge is 0.383 e. The molecule has 3 heteroatoms. The zero-order valence-corrected chi connectivity index (χ0v) is 10.6. The highest BCUT2D eigenvalue weighted by Gasteiger charge is 2.30. The topological polar surface area (TPSA) is 37.4 Å². The first kappa shape index (κ1) is 12.9. The highest BCUT2D eigenvalue weighted by Crippen LogP contribution is 2.27. The summed E-state index contributed by atoms with van der Waals surface area (Å²) in [7, 11) is 3.65. The third-order valence-corrected chi connectivity index (χ3v) is 2.74. The van der Waals surface area contributed by atoms with Gasteiger partial charge in [0.2, 0.25) is 0 Å². The summed E-state index contributed by atoms with van der Waals surface area (Å²) in [5.41, 5.74) is 0.380. The van der Waals surface area contributed by atoms with Gasteiger partial charge in [-0.1, -0.05) is 13.8 Å². The van der Waals surface area contributed by atoms with Crippen molar-refractivity contribution in [1.82, 2.24) is 4.90 Å². The molecule has 0 aromatic heterocycles. The molecule has 0 N–H and O–H groups in total. The smallest absolute Gasteiger partial charge is 0.168 e. The average molecular weight is 223 g/mol. The summed E-state index contributed by atoms with van der Waals surface area (Å²) in [6.45, 7) is 4.25. The predicted molar refractivity (Wildman–Crippen MR) is 64.0 cm³/mol. The number of allylic oxidation sites excluding steroid dienone is 1. The number of nitrogens with zero attached hydrogens (tertiary/aromatic N) is 1. The van der Waals surface area contributed by atoms with Gasteiger partial charge in [0.15, 0.2) is 11.6 Å². The third-order valence-electron chi connectivity index (χ3n) is 2.74. The van der Waals surface area contributed by atoms with Crippen molar-refractivity contribution < 1.29 is 9.59 Å². The van der Waals surface area contributed by atoms with Gasteiger partial charge in [0.05, 0.1) is 5.57 Å². The fourth-order valence-corrected chi connectivity index (χ4v) is 2.21. The first-order chi connectivity index (χ1) is 7.40. The lowest BCUT2D eigenvalue weighted by atomic mass is 9.80. The highest BCUT2D eigenvalue weighted by atomic mass is 16.1. The molecule has 1 saturated carbocycles. The van der Waals surface area contributed by atoms with Crippen molar-refractivity contribution in [2.45, 2.75) is 33.1 Å². The zero-order valence-electron chi connectivity index (χ0n) is 10.6. The molecule has 0 radical (unpaired) electrons. The average Bonchev–Trinajstić information content (AvgIpc) is 2.10. The Morgan fingerprint density at radius 1 is 1.25 bits per heavy atom. The standard InChI is InChI=1S/C13H21NO2/c1-9(2)5-10-6-12(15)11(8-14(3)4)13(16)7-10/h8-10H,5-7H2,1-4H3. The van der Waals surface area contributed by atoms with E-state index in [1.54, 1.807) is 11.1 Å². The van der Waals surface area contributed by atoms with E-state index in [9.17, 15) is 9.59 Å². The Balaban J connectivity index is 2.72. The second-order valence-electron chi connectivity index (χ2n) is 5.26. The van der Waals surface area contributed by atoms with Crippen molar-refractivity contribution in [3.8, 4) is 0 Å². The van der Waals surface area contributed by atoms with Gasteiger partial charge in [0, 0.05) is 33.1 Å². The van der Waals surface area contributed by atoms with E-state index in [2.05, 4.69) is 13.8 Å². The van der Waals surface area contributed by atoms with E-state index in [-0.39, 0.29) is 17.5 Å². The van der Waals surface area contributed by atoms with Crippen LogP contribution in [0.25, 0.3) is 0 Å². The molecule has 0 aromatic rings. The number of hydrogen-bond acceptors (Lipinski definition) is 3. The Bertz CT molecular complexity index is 296. The summed E-state index contributed by atoms with van der Waals surface area (Å²) in [5.74, 6) is 0.815. The van der Waals surface area contributed by atoms with Gasteiger partial charge in [-0.25, -0.2) is 0 Å². The Morgan fingerprint density at radius 2 is 1.75 bits per heavy atom. The number of carbonyl (C=O) groups is 2. The van der Waals surface area contributed by atoms with Gasteiger partial charge in [0.1, 0.15) is 0 Å². The number of rotatable bonds is 3. The zero-order chi connectivity index (χ0) is 12.3. The Hall–Kier alpha value is -1.12. The number of Topliss-reactive ketones (excluding diaryl/α,β-unsaturated/α-hetero) is 2. The van der Waals surface area contributed by atoms with Crippen molar-refractivity contribution in [2.75, 3.05) is 14.1 Å². The second-order valence-corrected chi connectivity index (χ2v) is 5.26. The molecule has 0 aromatic carbocycles. The van der Waals surface area contributed by atoms with Gasteiger partial charge >= 0.3 is 0 Å². The summed E-state index contributed by atoms with van der Waals surface area (Å²) in [6.07, 6.45) is 3.68. The minimum atomic E-state index is 0.00981. The Labute approximate surface area is 97.5 Å². The number of carbonyl (C=O) groups excluding carboxylic acids is 2. The normalized spacial score (nSPS) is 21.6. The van der Waals surface area contributed by atoms with Gasteiger partial charge in [-0.2, -0.15) is 0 Å². The molecular weight excluding hydrogens is 202 g/mol. The molecule has 0 unspecified atom stereocenters. The van der Waals surface area contributed by atoms with Crippen molar-refractivity contribution in [3.63, 3.8) is 0 Å². The third kappa shape index (κ3) is 3.47. The van der Waals surface area contributed by atoms with Crippen LogP contribution in [0, 0.1) is 11.8 Å². The van der Waals surface area contributed by atoms with Crippen molar-refractivity contribution in [2.24, 2.45) is 11.8 Å². The summed E-state index contributed by atoms with van der Waals surface area (Å²) < 4.78 is 0. The molecule has 1 aliphatic rings. The monoisotopic (exact) mass is 223 g/mol. The first-order valence-corrected chi connectivity index (χ1v) is 5.84. The van der Waals surface area contributed by atoms with Crippen LogP contribution in [0.4, 0.5) is 0 Å². The number of hydrogen-bond donors (Lipinski definition) is 0. The minimum absolute atomic E-state index is 0.00981. The van der Waals surface area contributed by atoms with E-state index in [1.807, 2.05) is 14.1 Å². The lowest BCUT2D eigenvalue weighted by Crippen LogP contribution is -2.28. The van der Waals surface area contributed by atoms with Gasteiger partial charge < -0.3 is 4.90 Å². The molecule has 0 bridgehead atoms. The van der Waals surface area contributed by atoms with Crippen molar-refractivity contribution in [3.05, 3.63) is 11.8 Å². The minimum Gasteiger partial charge on any atom is -0.383 e. The first-order valence-electron chi connectivity index (χ1n) is 5.84. The molecule has 0 atom stereocenters. The van der Waals surface area contributed by atoms with E-state index in [0.717, 1.165) is 6.42 Å². The van der Waals surface area contributed by atoms with Crippen LogP contribution >= 0.6 is 0 Å². The maximum absolute atomic E-state index is 11.8. The SMILES string of the molecule is CC(C)CC1CC(=O)C(=CN(C)C)C(=O)C1. The fourth-order valence-electron chi connectivity index (χ4n) is 2.21. The second kappa shape index (κ2) is 5.28. The van der Waals surface area contributed by atoms with Gasteiger partial charge in [-0.15, -0.1) is 0 Å². The molecule has 3 nitrogen and oxygen atoms in total. The maximum atomic E-state index is 11.8. The fraction of sp³-hybridized carbons (Fsp3) is 0.692. The Kier molecular flexibility index (Phi) is 4.27. The van der Waals surface area contributed by atoms with Crippen LogP contribution in [0.2, 0.25) is 0 Å². The molecule has 0 spiro atoms. The lowest BCUT2D eigenvalue weighted by molar-refractivity contribution is -0.125. The van der Waals surface area contributed by atoms with Crippen LogP contribution in [-0.4, -0.2) is 30.6 Å². The molecule has 1 fully saturated rings. The molecule has 1 aliphatic carbocycles. The predicted octanol–water partition coefficient (Wildman–Crippen LogP) is 2.03. The van der Waals surface area contributed by atoms with Crippen LogP contribution in [0.15, 0.2) is 11.8 Å². The lowest BCUT2D eigenvalue weighted by Gasteiger charge is -2.24. The van der Waals surface area contributed by atoms with E-state index in [1.165, 1.54) is 0 Å². The molecular formula is C13H21NO2. The molecule has 90 valence electrons. The van der Waals surface area contributed by atoms with E-state index >= 15 is 0 Å². The van der Waals surface area contributed by atoms with Crippen LogP contribution in [-0.2, 0) is 9.59 Å². The molecule has 0 saturated heterocycles. The molecule has 16 heavy (non-hydrogen) atoms. The number of ketones is 2. The summed E-state index contributed by atoms with van der Waals surface area (Å²) in [5, 5.41) is 0. The summed E-state index contributed by atoms with van der Waals surface area (Å²) >= 11 is 0. The van der Waals surface area contributed by atoms with E-state index < -0.39 is 0 Å². The van der Waals surface area contributed by atoms with E-state index in [0.29, 0.717) is 24.3 Å². The van der Waals surface area contributed by atoms with E-state index in [4.69, 9.17) is 0 Å². The van der Waals surface area contributed by atoms with Crippen LogP contribution in [0.5, 0.6) is 0 Å². The highest BCUT2D eigenvalue weighted by molar-refractivity contribution is 6.21. The van der Waals surface area contributed by atoms with Crippen LogP contribution in [0.1, 0.15) is 33.1 Å². The van der Waals surface area contributed by atoms with Crippen molar-refractivity contribution >= 4 is 11.6 Å². The van der Waals surface area contributed by atoms with Crippen molar-refractivity contribution in [1.29, 1.82) is 0 Å². The van der Waals surface area contributed by atoms with Gasteiger partial charge in [0.25, 0.3) is 0 Å². The summed E-state index contributed by atoms with van der Waals surface area (Å²) in [4.78, 5) is 25.4. The maximum Gasteiger partial charge on any atom is 0.168 e.